The van der Waals surface area contributed by atoms with E-state index < -0.39 is 32.1 Å². The quantitative estimate of drug-likeness (QED) is 0.0263. The van der Waals surface area contributed by atoms with Crippen LogP contribution in [-0.4, -0.2) is 157 Å². The van der Waals surface area contributed by atoms with E-state index in [-0.39, 0.29) is 111 Å². The van der Waals surface area contributed by atoms with Crippen molar-refractivity contribution in [2.45, 2.75) is 87.3 Å². The lowest BCUT2D eigenvalue weighted by Crippen LogP contribution is -2.42. The van der Waals surface area contributed by atoms with Crippen molar-refractivity contribution in [1.29, 1.82) is 0 Å². The highest BCUT2D eigenvalue weighted by molar-refractivity contribution is 7.89. The minimum absolute atomic E-state index is 0.0554. The third-order valence-electron chi connectivity index (χ3n) is 13.9. The zero-order chi connectivity index (χ0) is 58.0. The first-order chi connectivity index (χ1) is 38.1. The summed E-state index contributed by atoms with van der Waals surface area (Å²) >= 11 is 25.9. The minimum Gasteiger partial charge on any atom is -0.377 e. The molecule has 2 unspecified atom stereocenters. The number of nitrogens with one attached hydrogen (secondary N) is 6. The summed E-state index contributed by atoms with van der Waals surface area (Å²) in [6.07, 6.45) is 1.30. The van der Waals surface area contributed by atoms with Gasteiger partial charge in [-0.15, -0.1) is 0 Å². The molecule has 4 amide bonds. The van der Waals surface area contributed by atoms with Crippen LogP contribution in [0, 0.1) is 11.8 Å². The maximum Gasteiger partial charge on any atom is 0.314 e. The van der Waals surface area contributed by atoms with Crippen LogP contribution in [0.25, 0.3) is 0 Å². The number of carbonyl (C=O) groups is 2. The molecule has 80 heavy (non-hydrogen) atoms. The molecule has 6 N–H and O–H groups in total. The average molecular weight is 1230 g/mol. The van der Waals surface area contributed by atoms with E-state index in [2.05, 4.69) is 40.5 Å². The van der Waals surface area contributed by atoms with Gasteiger partial charge in [-0.1, -0.05) is 98.4 Å². The van der Waals surface area contributed by atoms with Crippen molar-refractivity contribution in [3.63, 3.8) is 0 Å². The third kappa shape index (κ3) is 19.9. The molecule has 2 aliphatic rings. The molecule has 2 heterocycles. The van der Waals surface area contributed by atoms with Gasteiger partial charge in [0.25, 0.3) is 0 Å². The second kappa shape index (κ2) is 31.7. The van der Waals surface area contributed by atoms with Gasteiger partial charge in [-0.25, -0.2) is 35.9 Å². The van der Waals surface area contributed by atoms with Crippen LogP contribution in [0.4, 0.5) is 9.59 Å². The Labute approximate surface area is 493 Å². The Hall–Kier alpha value is -3.84. The molecule has 442 valence electrons. The first-order valence-electron chi connectivity index (χ1n) is 27.0. The van der Waals surface area contributed by atoms with Crippen LogP contribution >= 0.6 is 46.4 Å². The SMILES string of the molecule is CC(C)C(COCCOCCNC(=O)NCCCCNC(=O)NCCOCCOCC(NS(=O)(=O)c1cccc([C@@H]2CN(C)Cc3c(Cl)cc(Cl)cc32)c1)C(C)C)NS(=O)(=O)c1cccc([C@@H]2CN(C)Cc3c(Cl)cc(Cl)cc32)c1. The summed E-state index contributed by atoms with van der Waals surface area (Å²) in [6.45, 7) is 13.6. The molecule has 0 aliphatic carbocycles. The Morgan fingerprint density at radius 3 is 1.30 bits per heavy atom. The van der Waals surface area contributed by atoms with E-state index in [4.69, 9.17) is 65.4 Å². The molecular weight excluding hydrogens is 1150 g/mol. The summed E-state index contributed by atoms with van der Waals surface area (Å²) in [6, 6.07) is 19.6. The summed E-state index contributed by atoms with van der Waals surface area (Å²) in [7, 11) is -3.77. The molecule has 24 heteroatoms. The highest BCUT2D eigenvalue weighted by Crippen LogP contribution is 2.40. The maximum atomic E-state index is 13.7. The van der Waals surface area contributed by atoms with E-state index in [0.29, 0.717) is 72.2 Å². The number of carbonyl (C=O) groups excluding carboxylic acids is 2. The number of nitrogens with zero attached hydrogens (tertiary/aromatic N) is 2. The van der Waals surface area contributed by atoms with Crippen molar-refractivity contribution in [1.82, 2.24) is 40.5 Å². The minimum atomic E-state index is -3.89. The van der Waals surface area contributed by atoms with Crippen molar-refractivity contribution in [2.24, 2.45) is 11.8 Å². The summed E-state index contributed by atoms with van der Waals surface area (Å²) in [5, 5.41) is 13.3. The van der Waals surface area contributed by atoms with Crippen LogP contribution in [-0.2, 0) is 52.1 Å². The van der Waals surface area contributed by atoms with E-state index in [1.54, 1.807) is 48.5 Å². The Morgan fingerprint density at radius 2 is 0.912 bits per heavy atom. The second-order valence-electron chi connectivity index (χ2n) is 20.9. The second-order valence-corrected chi connectivity index (χ2v) is 26.1. The van der Waals surface area contributed by atoms with Crippen molar-refractivity contribution >= 4 is 78.5 Å². The van der Waals surface area contributed by atoms with E-state index in [9.17, 15) is 26.4 Å². The molecule has 0 saturated carbocycles. The molecule has 0 radical (unpaired) electrons. The number of ether oxygens (including phenoxy) is 4. The monoisotopic (exact) mass is 1230 g/mol. The van der Waals surface area contributed by atoms with Crippen LogP contribution in [0.5, 0.6) is 0 Å². The van der Waals surface area contributed by atoms with Gasteiger partial charge in [0.05, 0.1) is 62.6 Å². The molecule has 6 rings (SSSR count). The van der Waals surface area contributed by atoms with Crippen LogP contribution in [0.2, 0.25) is 20.1 Å². The van der Waals surface area contributed by atoms with Crippen molar-refractivity contribution in [3.8, 4) is 0 Å². The van der Waals surface area contributed by atoms with Gasteiger partial charge in [0.2, 0.25) is 20.0 Å². The highest BCUT2D eigenvalue weighted by Gasteiger charge is 2.31. The number of sulfonamides is 2. The van der Waals surface area contributed by atoms with Crippen molar-refractivity contribution < 1.29 is 45.4 Å². The zero-order valence-corrected chi connectivity index (χ0v) is 51.1. The Kier molecular flexibility index (Phi) is 25.9. The molecule has 2 aliphatic heterocycles. The van der Waals surface area contributed by atoms with Gasteiger partial charge in [-0.2, -0.15) is 0 Å². The predicted octanol–water partition coefficient (Wildman–Crippen LogP) is 8.21. The lowest BCUT2D eigenvalue weighted by Gasteiger charge is -2.33. The third-order valence-corrected chi connectivity index (χ3v) is 18.0. The van der Waals surface area contributed by atoms with Crippen molar-refractivity contribution in [3.05, 3.63) is 126 Å². The van der Waals surface area contributed by atoms with Gasteiger partial charge >= 0.3 is 12.1 Å². The van der Waals surface area contributed by atoms with E-state index >= 15 is 0 Å². The number of unbranched alkanes of at least 4 members (excludes halogenated alkanes) is 1. The number of benzene rings is 4. The Morgan fingerprint density at radius 1 is 0.537 bits per heavy atom. The summed E-state index contributed by atoms with van der Waals surface area (Å²) in [5.74, 6) is -0.329. The number of halogens is 4. The van der Waals surface area contributed by atoms with Crippen LogP contribution < -0.4 is 30.7 Å². The number of hydrogen-bond acceptors (Lipinski definition) is 12. The topological polar surface area (TPSA) is 218 Å². The normalized spacial score (nSPS) is 16.8. The van der Waals surface area contributed by atoms with E-state index in [1.165, 1.54) is 0 Å². The van der Waals surface area contributed by atoms with E-state index in [0.717, 1.165) is 33.4 Å². The molecule has 0 bridgehead atoms. The maximum absolute atomic E-state index is 13.7. The number of hydrogen-bond donors (Lipinski definition) is 6. The summed E-state index contributed by atoms with van der Waals surface area (Å²) in [4.78, 5) is 29.1. The van der Waals surface area contributed by atoms with E-state index in [1.807, 2.05) is 66.1 Å². The van der Waals surface area contributed by atoms with Gasteiger partial charge in [0, 0.05) is 96.4 Å². The number of rotatable bonds is 31. The van der Waals surface area contributed by atoms with Crippen molar-refractivity contribution in [2.75, 3.05) is 106 Å². The van der Waals surface area contributed by atoms with Gasteiger partial charge in [-0.05, 0) is 121 Å². The standard InChI is InChI=1S/C56H78Cl4N8O10S2/c1-37(2)53(65-79(71,72)43-13-9-11-39(25-43)47-31-67(5)33-49-45(47)27-41(57)29-51(49)59)35-77-23-21-75-19-17-63-55(69)61-15-7-8-16-62-56(70)64-18-20-76-22-24-78-36-54(38(3)4)66-80(73,74)44-14-10-12-40(26-44)48-32-68(6)34-50-46(48)28-42(58)30-52(50)60/h9-14,25-30,37-38,47-48,53-54,65-66H,7-8,15-24,31-36H2,1-6H3,(H2,61,63,69)(H2,62,64,70)/t47-,48-,53?,54?/m0/s1. The van der Waals surface area contributed by atoms with Crippen LogP contribution in [0.1, 0.15) is 85.8 Å². The lowest BCUT2D eigenvalue weighted by molar-refractivity contribution is 0.0381. The highest BCUT2D eigenvalue weighted by atomic mass is 35.5. The molecule has 0 aromatic heterocycles. The Bertz CT molecular complexity index is 2720. The van der Waals surface area contributed by atoms with Crippen LogP contribution in [0.15, 0.2) is 82.6 Å². The molecular formula is C56H78Cl4N8O10S2. The smallest absolute Gasteiger partial charge is 0.314 e. The average Bonchev–Trinajstić information content (AvgIpc) is 3.41. The zero-order valence-electron chi connectivity index (χ0n) is 46.4. The molecule has 0 fully saturated rings. The van der Waals surface area contributed by atoms with Crippen LogP contribution in [0.3, 0.4) is 0 Å². The molecule has 4 atom stereocenters. The largest absolute Gasteiger partial charge is 0.377 e. The number of fused-ring (bicyclic) bond motifs is 2. The number of urea groups is 2. The summed E-state index contributed by atoms with van der Waals surface area (Å²) in [5.41, 5.74) is 5.67. The number of amides is 4. The fourth-order valence-corrected chi connectivity index (χ4v) is 13.4. The van der Waals surface area contributed by atoms with Gasteiger partial charge in [-0.3, -0.25) is 0 Å². The lowest BCUT2D eigenvalue weighted by atomic mass is 9.85. The molecule has 0 saturated heterocycles. The molecule has 4 aromatic rings. The fourth-order valence-electron chi connectivity index (χ4n) is 9.43. The molecule has 0 spiro atoms. The molecule has 18 nitrogen and oxygen atoms in total. The summed E-state index contributed by atoms with van der Waals surface area (Å²) < 4.78 is 83.2. The fraction of sp³-hybridized carbons (Fsp3) is 0.536. The van der Waals surface area contributed by atoms with Gasteiger partial charge in [0.15, 0.2) is 0 Å². The first-order valence-corrected chi connectivity index (χ1v) is 31.5. The number of likely N-dealkylation sites (N-methyl/N-ethyl adjacent to an activating group) is 2. The van der Waals surface area contributed by atoms with Gasteiger partial charge < -0.3 is 50.0 Å². The van der Waals surface area contributed by atoms with Gasteiger partial charge in [0.1, 0.15) is 0 Å². The first kappa shape index (κ1) is 65.3. The molecule has 4 aromatic carbocycles. The Balaban J connectivity index is 0.757. The predicted molar refractivity (Wildman–Crippen MR) is 315 cm³/mol.